The van der Waals surface area contributed by atoms with E-state index in [2.05, 4.69) is 25.4 Å². The van der Waals surface area contributed by atoms with Crippen LogP contribution < -0.4 is 5.56 Å². The zero-order valence-electron chi connectivity index (χ0n) is 16.7. The first kappa shape index (κ1) is 19.7. The van der Waals surface area contributed by atoms with Gasteiger partial charge in [0, 0.05) is 25.8 Å². The molecule has 1 unspecified atom stereocenters. The Morgan fingerprint density at radius 2 is 2.14 bits per heavy atom. The molecule has 9 nitrogen and oxygen atoms in total. The van der Waals surface area contributed by atoms with Crippen LogP contribution in [0.25, 0.3) is 10.9 Å². The second-order valence-electron chi connectivity index (χ2n) is 7.52. The number of piperidine rings is 1. The number of H-pyrrole nitrogens is 1. The number of hydrogen-bond acceptors (Lipinski definition) is 7. The molecule has 1 saturated heterocycles. The molecular weight excluding hydrogens is 372 g/mol. The van der Waals surface area contributed by atoms with Crippen molar-refractivity contribution >= 4 is 10.9 Å². The molecule has 4 rings (SSSR count). The molecule has 2 N–H and O–H groups in total. The number of aliphatic hydroxyl groups is 1. The fraction of sp³-hybridized carbons (Fsp3) is 0.500. The third kappa shape index (κ3) is 3.93. The Bertz CT molecular complexity index is 1040. The molecule has 0 radical (unpaired) electrons. The lowest BCUT2D eigenvalue weighted by Gasteiger charge is -2.35. The summed E-state index contributed by atoms with van der Waals surface area (Å²) in [7, 11) is 1.63. The summed E-state index contributed by atoms with van der Waals surface area (Å²) in [5.41, 5.74) is 2.32. The highest BCUT2D eigenvalue weighted by Gasteiger charge is 2.32. The van der Waals surface area contributed by atoms with Gasteiger partial charge in [-0.3, -0.25) is 9.69 Å². The molecule has 1 fully saturated rings. The minimum absolute atomic E-state index is 0.149. The van der Waals surface area contributed by atoms with Gasteiger partial charge in [0.2, 0.25) is 0 Å². The van der Waals surface area contributed by atoms with Gasteiger partial charge in [0.25, 0.3) is 5.56 Å². The van der Waals surface area contributed by atoms with Crippen molar-refractivity contribution in [3.63, 3.8) is 0 Å². The average molecular weight is 398 g/mol. The molecule has 0 amide bonds. The van der Waals surface area contributed by atoms with E-state index in [1.807, 2.05) is 31.2 Å². The summed E-state index contributed by atoms with van der Waals surface area (Å²) in [6.45, 7) is 4.27. The molecule has 1 aliphatic heterocycles. The van der Waals surface area contributed by atoms with Gasteiger partial charge in [-0.1, -0.05) is 18.2 Å². The van der Waals surface area contributed by atoms with E-state index in [-0.39, 0.29) is 11.7 Å². The van der Waals surface area contributed by atoms with Crippen LogP contribution in [0.3, 0.4) is 0 Å². The number of aryl methyl sites for hydroxylation is 1. The van der Waals surface area contributed by atoms with E-state index >= 15 is 0 Å². The monoisotopic (exact) mass is 398 g/mol. The number of benzene rings is 1. The van der Waals surface area contributed by atoms with Gasteiger partial charge >= 0.3 is 0 Å². The minimum atomic E-state index is -0.400. The smallest absolute Gasteiger partial charge is 0.253 e. The second-order valence-corrected chi connectivity index (χ2v) is 7.52. The first-order valence-corrected chi connectivity index (χ1v) is 9.88. The number of aromatic nitrogens is 5. The minimum Gasteiger partial charge on any atom is -0.393 e. The van der Waals surface area contributed by atoms with E-state index in [1.54, 1.807) is 11.8 Å². The molecule has 0 aliphatic carbocycles. The van der Waals surface area contributed by atoms with Crippen LogP contribution in [0.2, 0.25) is 0 Å². The standard InChI is InChI=1S/C20H26N6O3/c1-13-4-3-5-14-12-16(20(28)21-17(13)14)18(25-8-6-15(27)7-9-25)19-22-23-24-26(19)10-11-29-2/h3-5,12,15,18,27H,6-11H2,1-2H3,(H,21,28). The number of nitrogens with one attached hydrogen (secondary N) is 1. The lowest BCUT2D eigenvalue weighted by Crippen LogP contribution is -2.41. The Morgan fingerprint density at radius 1 is 1.34 bits per heavy atom. The van der Waals surface area contributed by atoms with Crippen LogP contribution in [0, 0.1) is 6.92 Å². The first-order chi connectivity index (χ1) is 14.1. The molecule has 2 aromatic heterocycles. The number of nitrogens with zero attached hydrogens (tertiary/aromatic N) is 5. The lowest BCUT2D eigenvalue weighted by molar-refractivity contribution is 0.0654. The number of aromatic amines is 1. The molecule has 9 heteroatoms. The number of aliphatic hydroxyl groups excluding tert-OH is 1. The lowest BCUT2D eigenvalue weighted by atomic mass is 9.99. The Balaban J connectivity index is 1.83. The van der Waals surface area contributed by atoms with E-state index in [0.717, 1.165) is 16.5 Å². The maximum atomic E-state index is 13.1. The Kier molecular flexibility index (Phi) is 5.70. The molecule has 29 heavy (non-hydrogen) atoms. The van der Waals surface area contributed by atoms with Gasteiger partial charge in [0.15, 0.2) is 5.82 Å². The first-order valence-electron chi connectivity index (χ1n) is 9.88. The summed E-state index contributed by atoms with van der Waals surface area (Å²) in [6, 6.07) is 7.49. The fourth-order valence-corrected chi connectivity index (χ4v) is 3.99. The maximum absolute atomic E-state index is 13.1. The Labute approximate surface area is 168 Å². The summed E-state index contributed by atoms with van der Waals surface area (Å²) >= 11 is 0. The van der Waals surface area contributed by atoms with E-state index in [0.29, 0.717) is 50.5 Å². The van der Waals surface area contributed by atoms with Gasteiger partial charge < -0.3 is 14.8 Å². The number of rotatable bonds is 6. The largest absolute Gasteiger partial charge is 0.393 e. The SMILES string of the molecule is COCCn1nnnc1C(c1cc2cccc(C)c2[nH]c1=O)N1CCC(O)CC1. The van der Waals surface area contributed by atoms with Crippen molar-refractivity contribution in [3.8, 4) is 0 Å². The normalized spacial score (nSPS) is 17.1. The number of hydrogen-bond donors (Lipinski definition) is 2. The number of tetrazole rings is 1. The highest BCUT2D eigenvalue weighted by atomic mass is 16.5. The van der Waals surface area contributed by atoms with Gasteiger partial charge in [0.05, 0.1) is 24.8 Å². The van der Waals surface area contributed by atoms with Crippen LogP contribution in [0.5, 0.6) is 0 Å². The van der Waals surface area contributed by atoms with Crippen molar-refractivity contribution in [2.75, 3.05) is 26.8 Å². The quantitative estimate of drug-likeness (QED) is 0.638. The predicted molar refractivity (Wildman–Crippen MR) is 108 cm³/mol. The van der Waals surface area contributed by atoms with Crippen LogP contribution in [0.15, 0.2) is 29.1 Å². The van der Waals surface area contributed by atoms with Crippen molar-refractivity contribution in [2.45, 2.75) is 38.5 Å². The summed E-state index contributed by atoms with van der Waals surface area (Å²) < 4.78 is 6.87. The van der Waals surface area contributed by atoms with Gasteiger partial charge in [-0.2, -0.15) is 0 Å². The number of ether oxygens (including phenoxy) is 1. The molecule has 1 aromatic carbocycles. The van der Waals surface area contributed by atoms with Crippen molar-refractivity contribution in [3.05, 3.63) is 51.6 Å². The highest BCUT2D eigenvalue weighted by Crippen LogP contribution is 2.29. The molecular formula is C20H26N6O3. The van der Waals surface area contributed by atoms with Crippen LogP contribution in [-0.4, -0.2) is 68.1 Å². The Hall–Kier alpha value is -2.62. The molecule has 0 spiro atoms. The number of likely N-dealkylation sites (tertiary alicyclic amines) is 1. The number of fused-ring (bicyclic) bond motifs is 1. The van der Waals surface area contributed by atoms with Crippen molar-refractivity contribution in [1.29, 1.82) is 0 Å². The van der Waals surface area contributed by atoms with Gasteiger partial charge in [-0.25, -0.2) is 4.68 Å². The van der Waals surface area contributed by atoms with E-state index < -0.39 is 6.04 Å². The van der Waals surface area contributed by atoms with Crippen LogP contribution >= 0.6 is 0 Å². The summed E-state index contributed by atoms with van der Waals surface area (Å²) in [5.74, 6) is 0.607. The molecule has 0 saturated carbocycles. The van der Waals surface area contributed by atoms with E-state index in [1.165, 1.54) is 0 Å². The average Bonchev–Trinajstić information content (AvgIpc) is 3.17. The Morgan fingerprint density at radius 3 is 2.90 bits per heavy atom. The number of pyridine rings is 1. The summed E-state index contributed by atoms with van der Waals surface area (Å²) in [6.07, 6.45) is 0.996. The molecule has 154 valence electrons. The van der Waals surface area contributed by atoms with E-state index in [4.69, 9.17) is 4.74 Å². The zero-order chi connectivity index (χ0) is 20.4. The van der Waals surface area contributed by atoms with Gasteiger partial charge in [-0.05, 0) is 47.2 Å². The van der Waals surface area contributed by atoms with Crippen molar-refractivity contribution in [2.24, 2.45) is 0 Å². The van der Waals surface area contributed by atoms with Crippen LogP contribution in [0.1, 0.15) is 35.8 Å². The third-order valence-corrected chi connectivity index (χ3v) is 5.59. The van der Waals surface area contributed by atoms with Crippen molar-refractivity contribution < 1.29 is 9.84 Å². The maximum Gasteiger partial charge on any atom is 0.253 e. The van der Waals surface area contributed by atoms with Crippen LogP contribution in [-0.2, 0) is 11.3 Å². The van der Waals surface area contributed by atoms with Gasteiger partial charge in [0.1, 0.15) is 6.04 Å². The number of para-hydroxylation sites is 1. The molecule has 1 aliphatic rings. The topological polar surface area (TPSA) is 109 Å². The second kappa shape index (κ2) is 8.40. The third-order valence-electron chi connectivity index (χ3n) is 5.59. The van der Waals surface area contributed by atoms with Crippen LogP contribution in [0.4, 0.5) is 0 Å². The predicted octanol–water partition coefficient (Wildman–Crippen LogP) is 1.02. The molecule has 0 bridgehead atoms. The number of methoxy groups -OCH3 is 1. The molecule has 3 aromatic rings. The molecule has 1 atom stereocenters. The summed E-state index contributed by atoms with van der Waals surface area (Å²) in [4.78, 5) is 18.3. The molecule has 3 heterocycles. The summed E-state index contributed by atoms with van der Waals surface area (Å²) in [5, 5.41) is 23.1. The highest BCUT2D eigenvalue weighted by molar-refractivity contribution is 5.82. The van der Waals surface area contributed by atoms with Crippen molar-refractivity contribution in [1.82, 2.24) is 30.1 Å². The zero-order valence-corrected chi connectivity index (χ0v) is 16.7. The van der Waals surface area contributed by atoms with Gasteiger partial charge in [-0.15, -0.1) is 5.10 Å². The fourth-order valence-electron chi connectivity index (χ4n) is 3.99. The van der Waals surface area contributed by atoms with E-state index in [9.17, 15) is 9.90 Å².